The number of nitrogens with two attached hydrogens (primary N) is 1. The summed E-state index contributed by atoms with van der Waals surface area (Å²) < 4.78 is 0. The fourth-order valence-electron chi connectivity index (χ4n) is 0.303. The zero-order chi connectivity index (χ0) is 7.49. The monoisotopic (exact) mass is 168 g/mol. The first-order valence-electron chi connectivity index (χ1n) is 2.67. The van der Waals surface area contributed by atoms with Crippen LogP contribution in [0.4, 0.5) is 4.79 Å². The number of amides is 1. The van der Waals surface area contributed by atoms with Crippen molar-refractivity contribution in [3.63, 3.8) is 0 Å². The van der Waals surface area contributed by atoms with Crippen LogP contribution in [0.5, 0.6) is 0 Å². The molecule has 62 valence electrons. The van der Waals surface area contributed by atoms with E-state index >= 15 is 0 Å². The first-order valence-corrected chi connectivity index (χ1v) is 2.67. The van der Waals surface area contributed by atoms with E-state index in [9.17, 15) is 4.79 Å². The van der Waals surface area contributed by atoms with Crippen molar-refractivity contribution in [3.8, 4) is 0 Å². The number of hydrogen-bond acceptors (Lipinski definition) is 2. The third-order valence-electron chi connectivity index (χ3n) is 0.695. The summed E-state index contributed by atoms with van der Waals surface area (Å²) in [5, 5.41) is 10.3. The van der Waals surface area contributed by atoms with E-state index in [1.165, 1.54) is 0 Å². The Morgan fingerprint density at radius 3 is 2.20 bits per heavy atom. The molecular weight excluding hydrogens is 156 g/mol. The van der Waals surface area contributed by atoms with Crippen molar-refractivity contribution >= 4 is 18.5 Å². The van der Waals surface area contributed by atoms with Crippen LogP contribution in [-0.4, -0.2) is 23.3 Å². The van der Waals surface area contributed by atoms with Gasteiger partial charge in [-0.3, -0.25) is 0 Å². The molecule has 0 fully saturated rings. The van der Waals surface area contributed by atoms with Gasteiger partial charge in [-0.25, -0.2) is 4.79 Å². The van der Waals surface area contributed by atoms with Gasteiger partial charge in [0, 0.05) is 12.1 Å². The Labute approximate surface area is 66.2 Å². The number of halogens is 1. The number of carboxylic acid groups (broad SMARTS) is 1. The molecule has 0 rings (SSSR count). The number of rotatable bonds is 2. The molecule has 0 saturated carbocycles. The molecule has 0 aliphatic carbocycles. The Kier molecular flexibility index (Phi) is 5.32. The highest BCUT2D eigenvalue weighted by Gasteiger charge is 2.10. The summed E-state index contributed by atoms with van der Waals surface area (Å²) in [5.74, 6) is 0. The Hall–Kier alpha value is -0.480. The van der Waals surface area contributed by atoms with Crippen molar-refractivity contribution in [1.82, 2.24) is 5.32 Å². The van der Waals surface area contributed by atoms with Gasteiger partial charge in [0.2, 0.25) is 0 Å². The minimum atomic E-state index is -1.03. The summed E-state index contributed by atoms with van der Waals surface area (Å²) in [6.45, 7) is 3.79. The van der Waals surface area contributed by atoms with Crippen LogP contribution in [0.3, 0.4) is 0 Å². The highest BCUT2D eigenvalue weighted by Crippen LogP contribution is 1.91. The quantitative estimate of drug-likeness (QED) is 0.559. The molecule has 4 N–H and O–H groups in total. The van der Waals surface area contributed by atoms with Crippen LogP contribution in [0.2, 0.25) is 0 Å². The predicted molar refractivity (Wildman–Crippen MR) is 41.5 cm³/mol. The molecule has 0 bridgehead atoms. The highest BCUT2D eigenvalue weighted by atomic mass is 35.5. The number of carbonyl (C=O) groups is 1. The van der Waals surface area contributed by atoms with Gasteiger partial charge in [-0.15, -0.1) is 12.4 Å². The molecule has 0 radical (unpaired) electrons. The minimum Gasteiger partial charge on any atom is -0.465 e. The molecule has 0 unspecified atom stereocenters. The maximum absolute atomic E-state index is 9.88. The fourth-order valence-corrected chi connectivity index (χ4v) is 0.303. The summed E-state index contributed by atoms with van der Waals surface area (Å²) >= 11 is 0. The Morgan fingerprint density at radius 2 is 2.10 bits per heavy atom. The van der Waals surface area contributed by atoms with Crippen molar-refractivity contribution in [2.24, 2.45) is 5.73 Å². The first-order chi connectivity index (χ1) is 3.92. The molecule has 5 heteroatoms. The van der Waals surface area contributed by atoms with E-state index in [-0.39, 0.29) is 19.0 Å². The summed E-state index contributed by atoms with van der Waals surface area (Å²) in [6.07, 6.45) is -1.03. The van der Waals surface area contributed by atoms with Gasteiger partial charge >= 0.3 is 6.09 Å². The zero-order valence-corrected chi connectivity index (χ0v) is 6.86. The molecule has 4 nitrogen and oxygen atoms in total. The summed E-state index contributed by atoms with van der Waals surface area (Å²) in [7, 11) is 0. The molecule has 0 atom stereocenters. The van der Waals surface area contributed by atoms with Gasteiger partial charge < -0.3 is 16.2 Å². The molecule has 0 saturated heterocycles. The van der Waals surface area contributed by atoms with E-state index in [0.29, 0.717) is 0 Å². The Bertz CT molecular complexity index is 111. The molecule has 0 aromatic rings. The first kappa shape index (κ1) is 12.2. The largest absolute Gasteiger partial charge is 0.465 e. The Morgan fingerprint density at radius 1 is 1.70 bits per heavy atom. The van der Waals surface area contributed by atoms with Crippen molar-refractivity contribution in [2.75, 3.05) is 6.54 Å². The summed E-state index contributed by atoms with van der Waals surface area (Å²) in [5.41, 5.74) is 5.00. The van der Waals surface area contributed by atoms with Gasteiger partial charge in [-0.2, -0.15) is 0 Å². The van der Waals surface area contributed by atoms with E-state index in [4.69, 9.17) is 10.8 Å². The Balaban J connectivity index is 0. The normalized spacial score (nSPS) is 9.90. The summed E-state index contributed by atoms with van der Waals surface area (Å²) in [6, 6.07) is 0. The average molecular weight is 169 g/mol. The van der Waals surface area contributed by atoms with Crippen molar-refractivity contribution < 1.29 is 9.90 Å². The molecule has 1 amide bonds. The highest BCUT2D eigenvalue weighted by molar-refractivity contribution is 5.85. The maximum atomic E-state index is 9.88. The van der Waals surface area contributed by atoms with Crippen molar-refractivity contribution in [3.05, 3.63) is 0 Å². The third-order valence-corrected chi connectivity index (χ3v) is 0.695. The summed E-state index contributed by atoms with van der Waals surface area (Å²) in [4.78, 5) is 9.88. The average Bonchev–Trinajstić information content (AvgIpc) is 1.59. The van der Waals surface area contributed by atoms with Crippen LogP contribution in [-0.2, 0) is 0 Å². The lowest BCUT2D eigenvalue weighted by molar-refractivity contribution is 0.192. The number of nitrogens with one attached hydrogen (secondary N) is 1. The standard InChI is InChI=1S/C5H12N2O2.ClH/c1-5(2,6)3-7-4(8)9;/h7H,3,6H2,1-2H3,(H,8,9);1H. The zero-order valence-electron chi connectivity index (χ0n) is 6.05. The van der Waals surface area contributed by atoms with Gasteiger partial charge in [0.15, 0.2) is 0 Å². The van der Waals surface area contributed by atoms with Crippen LogP contribution in [0, 0.1) is 0 Å². The SMILES string of the molecule is CC(C)(N)CNC(=O)O.Cl. The molecule has 0 aliphatic rings. The molecule has 0 heterocycles. The molecule has 0 aliphatic heterocycles. The van der Waals surface area contributed by atoms with Gasteiger partial charge in [0.1, 0.15) is 0 Å². The molecule has 10 heavy (non-hydrogen) atoms. The fraction of sp³-hybridized carbons (Fsp3) is 0.800. The van der Waals surface area contributed by atoms with E-state index < -0.39 is 11.6 Å². The van der Waals surface area contributed by atoms with E-state index in [0.717, 1.165) is 0 Å². The minimum absolute atomic E-state index is 0. The molecule has 0 aromatic carbocycles. The van der Waals surface area contributed by atoms with Crippen LogP contribution in [0.15, 0.2) is 0 Å². The van der Waals surface area contributed by atoms with Crippen LogP contribution < -0.4 is 11.1 Å². The van der Waals surface area contributed by atoms with Gasteiger partial charge in [0.25, 0.3) is 0 Å². The lowest BCUT2D eigenvalue weighted by Gasteiger charge is -2.16. The van der Waals surface area contributed by atoms with Crippen LogP contribution in [0.1, 0.15) is 13.8 Å². The topological polar surface area (TPSA) is 75.3 Å². The molecule has 0 spiro atoms. The van der Waals surface area contributed by atoms with E-state index in [2.05, 4.69) is 5.32 Å². The van der Waals surface area contributed by atoms with E-state index in [1.54, 1.807) is 13.8 Å². The van der Waals surface area contributed by atoms with Crippen molar-refractivity contribution in [2.45, 2.75) is 19.4 Å². The second-order valence-corrected chi connectivity index (χ2v) is 2.65. The number of hydrogen-bond donors (Lipinski definition) is 3. The smallest absolute Gasteiger partial charge is 0.404 e. The van der Waals surface area contributed by atoms with Gasteiger partial charge in [0.05, 0.1) is 0 Å². The lowest BCUT2D eigenvalue weighted by Crippen LogP contribution is -2.44. The second kappa shape index (κ2) is 4.35. The van der Waals surface area contributed by atoms with Crippen LogP contribution in [0.25, 0.3) is 0 Å². The molecule has 0 aromatic heterocycles. The van der Waals surface area contributed by atoms with Gasteiger partial charge in [-0.1, -0.05) is 0 Å². The molecular formula is C5H13ClN2O2. The van der Waals surface area contributed by atoms with Gasteiger partial charge in [-0.05, 0) is 13.8 Å². The second-order valence-electron chi connectivity index (χ2n) is 2.65. The third kappa shape index (κ3) is 10.5. The van der Waals surface area contributed by atoms with Crippen LogP contribution >= 0.6 is 12.4 Å². The lowest BCUT2D eigenvalue weighted by atomic mass is 10.1. The predicted octanol–water partition coefficient (Wildman–Crippen LogP) is 0.413. The van der Waals surface area contributed by atoms with E-state index in [1.807, 2.05) is 0 Å². The van der Waals surface area contributed by atoms with Crippen molar-refractivity contribution in [1.29, 1.82) is 0 Å². The maximum Gasteiger partial charge on any atom is 0.404 e.